The van der Waals surface area contributed by atoms with Gasteiger partial charge in [-0.25, -0.2) is 0 Å². The lowest BCUT2D eigenvalue weighted by Gasteiger charge is -2.14. The van der Waals surface area contributed by atoms with Crippen molar-refractivity contribution in [2.45, 2.75) is 40.8 Å². The third-order valence-electron chi connectivity index (χ3n) is 4.08. The second kappa shape index (κ2) is 9.57. The Bertz CT molecular complexity index is 827. The Morgan fingerprint density at radius 2 is 1.78 bits per heavy atom. The zero-order valence-corrected chi connectivity index (χ0v) is 16.4. The summed E-state index contributed by atoms with van der Waals surface area (Å²) >= 11 is 0. The van der Waals surface area contributed by atoms with Gasteiger partial charge in [0, 0.05) is 11.3 Å². The monoisotopic (exact) mass is 365 g/mol. The molecule has 0 radical (unpaired) electrons. The van der Waals surface area contributed by atoms with Crippen molar-refractivity contribution < 1.29 is 9.21 Å². The van der Waals surface area contributed by atoms with Gasteiger partial charge in [0.2, 0.25) is 0 Å². The minimum atomic E-state index is -0.152. The molecule has 3 rings (SSSR count). The molecular formula is C22H27N3O2. The van der Waals surface area contributed by atoms with Crippen LogP contribution in [0.4, 0.5) is 0 Å². The highest BCUT2D eigenvalue weighted by Gasteiger charge is 2.32. The molecule has 2 N–H and O–H groups in total. The van der Waals surface area contributed by atoms with Crippen molar-refractivity contribution in [3.63, 3.8) is 0 Å². The lowest BCUT2D eigenvalue weighted by atomic mass is 10.1. The van der Waals surface area contributed by atoms with Gasteiger partial charge in [-0.05, 0) is 38.1 Å². The van der Waals surface area contributed by atoms with Crippen LogP contribution in [-0.4, -0.2) is 16.6 Å². The molecule has 0 bridgehead atoms. The minimum Gasteiger partial charge on any atom is -0.462 e. The molecule has 5 heteroatoms. The molecule has 0 aliphatic carbocycles. The smallest absolute Gasteiger partial charge is 0.260 e. The minimum absolute atomic E-state index is 0.152. The Morgan fingerprint density at radius 3 is 2.41 bits per heavy atom. The fraction of sp³-hybridized carbons (Fsp3) is 0.273. The van der Waals surface area contributed by atoms with Crippen LogP contribution in [0, 0.1) is 5.41 Å². The molecule has 0 unspecified atom stereocenters. The number of benzene rings is 1. The number of hydrogen-bond acceptors (Lipinski definition) is 4. The van der Waals surface area contributed by atoms with Crippen LogP contribution in [0.3, 0.4) is 0 Å². The molecule has 0 atom stereocenters. The second-order valence-corrected chi connectivity index (χ2v) is 5.75. The van der Waals surface area contributed by atoms with Crippen LogP contribution in [0.5, 0.6) is 0 Å². The van der Waals surface area contributed by atoms with Crippen LogP contribution in [0.25, 0.3) is 0 Å². The summed E-state index contributed by atoms with van der Waals surface area (Å²) in [5.74, 6) is 1.52. The average Bonchev–Trinajstić information content (AvgIpc) is 3.25. The number of nitrogens with zero attached hydrogens (tertiary/aromatic N) is 1. The Kier molecular flexibility index (Phi) is 7.17. The summed E-state index contributed by atoms with van der Waals surface area (Å²) in [4.78, 5) is 13.9. The second-order valence-electron chi connectivity index (χ2n) is 5.75. The SMILES string of the molecule is C/C=C\C(=C/C)NCc1ccc(CN2C(=N)c3ccccc3C2=O)o1.CC. The number of rotatable bonds is 6. The topological polar surface area (TPSA) is 69.3 Å². The van der Waals surface area contributed by atoms with Crippen LogP contribution >= 0.6 is 0 Å². The molecule has 5 nitrogen and oxygen atoms in total. The molecule has 2 heterocycles. The number of allylic oxidation sites excluding steroid dienone is 3. The zero-order chi connectivity index (χ0) is 19.8. The highest BCUT2D eigenvalue weighted by Crippen LogP contribution is 2.24. The van der Waals surface area contributed by atoms with E-state index in [4.69, 9.17) is 9.83 Å². The largest absolute Gasteiger partial charge is 0.462 e. The van der Waals surface area contributed by atoms with E-state index in [9.17, 15) is 4.79 Å². The van der Waals surface area contributed by atoms with E-state index in [1.807, 2.05) is 70.2 Å². The summed E-state index contributed by atoms with van der Waals surface area (Å²) in [5.41, 5.74) is 2.27. The molecule has 1 aliphatic rings. The van der Waals surface area contributed by atoms with Crippen molar-refractivity contribution in [2.75, 3.05) is 0 Å². The van der Waals surface area contributed by atoms with Gasteiger partial charge < -0.3 is 9.73 Å². The van der Waals surface area contributed by atoms with Crippen molar-refractivity contribution >= 4 is 11.7 Å². The van der Waals surface area contributed by atoms with Crippen LogP contribution in [0.2, 0.25) is 0 Å². The summed E-state index contributed by atoms with van der Waals surface area (Å²) in [7, 11) is 0. The van der Waals surface area contributed by atoms with Crippen LogP contribution in [-0.2, 0) is 13.1 Å². The normalized spacial score (nSPS) is 13.6. The first-order chi connectivity index (χ1) is 13.1. The maximum absolute atomic E-state index is 12.5. The Morgan fingerprint density at radius 1 is 1.11 bits per heavy atom. The van der Waals surface area contributed by atoms with Crippen molar-refractivity contribution in [1.82, 2.24) is 10.2 Å². The number of hydrogen-bond donors (Lipinski definition) is 2. The van der Waals surface area contributed by atoms with Crippen molar-refractivity contribution in [3.05, 3.63) is 83.0 Å². The van der Waals surface area contributed by atoms with E-state index < -0.39 is 0 Å². The molecule has 0 saturated carbocycles. The number of nitrogens with one attached hydrogen (secondary N) is 2. The van der Waals surface area contributed by atoms with E-state index in [2.05, 4.69) is 5.32 Å². The predicted octanol–water partition coefficient (Wildman–Crippen LogP) is 4.86. The Balaban J connectivity index is 0.00000126. The third kappa shape index (κ3) is 4.56. The van der Waals surface area contributed by atoms with E-state index in [1.165, 1.54) is 4.90 Å². The van der Waals surface area contributed by atoms with E-state index in [1.54, 1.807) is 12.1 Å². The van der Waals surface area contributed by atoms with Crippen molar-refractivity contribution in [2.24, 2.45) is 0 Å². The van der Waals surface area contributed by atoms with Crippen LogP contribution in [0.15, 0.2) is 64.7 Å². The summed E-state index contributed by atoms with van der Waals surface area (Å²) in [5, 5.41) is 11.5. The van der Waals surface area contributed by atoms with Gasteiger partial charge in [-0.2, -0.15) is 0 Å². The van der Waals surface area contributed by atoms with Gasteiger partial charge >= 0.3 is 0 Å². The molecule has 1 amide bonds. The standard InChI is InChI=1S/C20H21N3O2.C2H6/c1-3-7-14(4-2)22-12-15-10-11-16(25-15)13-23-19(21)17-8-5-6-9-18(17)20(23)24;1-2/h3-11,21-22H,12-13H2,1-2H3;1-2H3/b7-3-,14-4+,21-19?;. The molecule has 1 aromatic heterocycles. The van der Waals surface area contributed by atoms with Gasteiger partial charge in [0.15, 0.2) is 0 Å². The molecule has 0 fully saturated rings. The molecule has 1 aliphatic heterocycles. The Hall–Kier alpha value is -3.08. The number of furan rings is 1. The van der Waals surface area contributed by atoms with Gasteiger partial charge in [0.1, 0.15) is 17.4 Å². The fourth-order valence-electron chi connectivity index (χ4n) is 2.80. The average molecular weight is 365 g/mol. The quantitative estimate of drug-likeness (QED) is 0.719. The highest BCUT2D eigenvalue weighted by atomic mass is 16.3. The molecular weight excluding hydrogens is 338 g/mol. The fourth-order valence-corrected chi connectivity index (χ4v) is 2.80. The van der Waals surface area contributed by atoms with Crippen molar-refractivity contribution in [1.29, 1.82) is 5.41 Å². The lowest BCUT2D eigenvalue weighted by Crippen LogP contribution is -2.28. The molecule has 142 valence electrons. The van der Waals surface area contributed by atoms with Gasteiger partial charge in [-0.3, -0.25) is 15.1 Å². The molecule has 27 heavy (non-hydrogen) atoms. The number of carbonyl (C=O) groups is 1. The van der Waals surface area contributed by atoms with Crippen LogP contribution < -0.4 is 5.32 Å². The summed E-state index contributed by atoms with van der Waals surface area (Å²) in [6, 6.07) is 10.9. The third-order valence-corrected chi connectivity index (χ3v) is 4.08. The zero-order valence-electron chi connectivity index (χ0n) is 16.4. The number of amidine groups is 1. The molecule has 1 aromatic carbocycles. The maximum Gasteiger partial charge on any atom is 0.260 e. The summed E-state index contributed by atoms with van der Waals surface area (Å²) in [6.07, 6.45) is 5.95. The van der Waals surface area contributed by atoms with E-state index >= 15 is 0 Å². The first-order valence-electron chi connectivity index (χ1n) is 9.24. The maximum atomic E-state index is 12.5. The van der Waals surface area contributed by atoms with Crippen molar-refractivity contribution in [3.8, 4) is 0 Å². The summed E-state index contributed by atoms with van der Waals surface area (Å²) < 4.78 is 5.81. The molecule has 0 saturated heterocycles. The van der Waals surface area contributed by atoms with E-state index in [0.717, 1.165) is 11.5 Å². The number of carbonyl (C=O) groups excluding carboxylic acids is 1. The molecule has 2 aromatic rings. The van der Waals surface area contributed by atoms with E-state index in [0.29, 0.717) is 23.4 Å². The first kappa shape index (κ1) is 20.2. The van der Waals surface area contributed by atoms with Crippen LogP contribution in [0.1, 0.15) is 55.1 Å². The van der Waals surface area contributed by atoms with E-state index in [-0.39, 0.29) is 18.3 Å². The van der Waals surface area contributed by atoms with Gasteiger partial charge in [-0.1, -0.05) is 44.2 Å². The lowest BCUT2D eigenvalue weighted by molar-refractivity contribution is 0.0845. The highest BCUT2D eigenvalue weighted by molar-refractivity contribution is 6.22. The number of fused-ring (bicyclic) bond motifs is 1. The van der Waals surface area contributed by atoms with Gasteiger partial charge in [0.05, 0.1) is 18.7 Å². The Labute approximate surface area is 160 Å². The van der Waals surface area contributed by atoms with Gasteiger partial charge in [0.25, 0.3) is 5.91 Å². The summed E-state index contributed by atoms with van der Waals surface area (Å²) in [6.45, 7) is 8.77. The first-order valence-corrected chi connectivity index (χ1v) is 9.24. The van der Waals surface area contributed by atoms with Gasteiger partial charge in [-0.15, -0.1) is 0 Å². The molecule has 0 spiro atoms. The predicted molar refractivity (Wildman–Crippen MR) is 109 cm³/mol. The number of amides is 1.